The summed E-state index contributed by atoms with van der Waals surface area (Å²) < 4.78 is 5.57. The number of pyridine rings is 1. The third-order valence-electron chi connectivity index (χ3n) is 2.70. The predicted molar refractivity (Wildman–Crippen MR) is 70.4 cm³/mol. The Bertz CT molecular complexity index is 391. The van der Waals surface area contributed by atoms with Gasteiger partial charge >= 0.3 is 0 Å². The van der Waals surface area contributed by atoms with Crippen LogP contribution in [0.1, 0.15) is 24.1 Å². The molecule has 0 amide bonds. The number of hydrogen-bond acceptors (Lipinski definition) is 4. The first-order valence-electron chi connectivity index (χ1n) is 5.74. The van der Waals surface area contributed by atoms with Crippen LogP contribution >= 0.6 is 11.8 Å². The Kier molecular flexibility index (Phi) is 4.39. The maximum atomic E-state index is 7.33. The van der Waals surface area contributed by atoms with Crippen LogP contribution in [0.2, 0.25) is 0 Å². The molecule has 0 bridgehead atoms. The van der Waals surface area contributed by atoms with Gasteiger partial charge in [0.15, 0.2) is 0 Å². The van der Waals surface area contributed by atoms with Gasteiger partial charge in [0.2, 0.25) is 0 Å². The second-order valence-electron chi connectivity index (χ2n) is 4.11. The molecule has 1 aliphatic heterocycles. The monoisotopic (exact) mass is 251 g/mol. The highest BCUT2D eigenvalue weighted by molar-refractivity contribution is 7.98. The van der Waals surface area contributed by atoms with E-state index in [4.69, 9.17) is 15.9 Å². The molecule has 0 aliphatic carbocycles. The zero-order chi connectivity index (χ0) is 12.1. The zero-order valence-corrected chi connectivity index (χ0v) is 10.5. The fourth-order valence-corrected chi connectivity index (χ4v) is 2.85. The number of amidine groups is 1. The molecule has 0 saturated carbocycles. The van der Waals surface area contributed by atoms with Crippen molar-refractivity contribution >= 4 is 17.6 Å². The SMILES string of the molecule is N=C(N)c1cc(CSCC2CCCO2)ccn1. The first-order chi connectivity index (χ1) is 8.25. The summed E-state index contributed by atoms with van der Waals surface area (Å²) >= 11 is 1.86. The van der Waals surface area contributed by atoms with Crippen molar-refractivity contribution in [2.24, 2.45) is 5.73 Å². The third kappa shape index (κ3) is 3.71. The van der Waals surface area contributed by atoms with Crippen molar-refractivity contribution in [3.8, 4) is 0 Å². The molecule has 17 heavy (non-hydrogen) atoms. The second kappa shape index (κ2) is 6.02. The summed E-state index contributed by atoms with van der Waals surface area (Å²) in [5, 5.41) is 7.33. The Hall–Kier alpha value is -1.07. The number of ether oxygens (including phenoxy) is 1. The maximum Gasteiger partial charge on any atom is 0.141 e. The van der Waals surface area contributed by atoms with Crippen LogP contribution in [-0.2, 0) is 10.5 Å². The van der Waals surface area contributed by atoms with Gasteiger partial charge in [-0.1, -0.05) is 0 Å². The van der Waals surface area contributed by atoms with Gasteiger partial charge in [-0.3, -0.25) is 10.4 Å². The van der Waals surface area contributed by atoms with Crippen LogP contribution in [0.3, 0.4) is 0 Å². The molecule has 1 aromatic heterocycles. The summed E-state index contributed by atoms with van der Waals surface area (Å²) in [4.78, 5) is 4.04. The van der Waals surface area contributed by atoms with E-state index in [2.05, 4.69) is 4.98 Å². The van der Waals surface area contributed by atoms with Crippen LogP contribution in [0.25, 0.3) is 0 Å². The summed E-state index contributed by atoms with van der Waals surface area (Å²) in [5.41, 5.74) is 7.12. The first kappa shape index (κ1) is 12.4. The molecule has 0 aromatic carbocycles. The minimum absolute atomic E-state index is 0.0241. The third-order valence-corrected chi connectivity index (χ3v) is 3.84. The highest BCUT2D eigenvalue weighted by Crippen LogP contribution is 2.20. The predicted octanol–water partition coefficient (Wildman–Crippen LogP) is 1.78. The van der Waals surface area contributed by atoms with E-state index < -0.39 is 0 Å². The molecule has 0 radical (unpaired) electrons. The standard InChI is InChI=1S/C12H17N3OS/c13-12(14)11-6-9(3-4-15-11)7-17-8-10-2-1-5-16-10/h3-4,6,10H,1-2,5,7-8H2,(H3,13,14). The molecule has 1 aromatic rings. The van der Waals surface area contributed by atoms with E-state index in [1.807, 2.05) is 23.9 Å². The quantitative estimate of drug-likeness (QED) is 0.618. The smallest absolute Gasteiger partial charge is 0.141 e. The molecule has 92 valence electrons. The van der Waals surface area contributed by atoms with E-state index in [0.29, 0.717) is 11.8 Å². The molecule has 1 fully saturated rings. The van der Waals surface area contributed by atoms with Crippen LogP contribution in [-0.4, -0.2) is 29.3 Å². The summed E-state index contributed by atoms with van der Waals surface area (Å²) in [6, 6.07) is 3.85. The lowest BCUT2D eigenvalue weighted by Gasteiger charge is -2.08. The van der Waals surface area contributed by atoms with Crippen molar-refractivity contribution in [3.05, 3.63) is 29.6 Å². The molecule has 0 spiro atoms. The lowest BCUT2D eigenvalue weighted by molar-refractivity contribution is 0.129. The lowest BCUT2D eigenvalue weighted by Crippen LogP contribution is -2.13. The number of nitrogens with two attached hydrogens (primary N) is 1. The highest BCUT2D eigenvalue weighted by Gasteiger charge is 2.14. The average Bonchev–Trinajstić information content (AvgIpc) is 2.82. The Morgan fingerprint density at radius 2 is 2.53 bits per heavy atom. The number of nitrogen functional groups attached to an aromatic ring is 1. The maximum absolute atomic E-state index is 7.33. The van der Waals surface area contributed by atoms with E-state index in [1.165, 1.54) is 12.8 Å². The number of hydrogen-bond donors (Lipinski definition) is 2. The largest absolute Gasteiger partial charge is 0.382 e. The van der Waals surface area contributed by atoms with Gasteiger partial charge in [-0.2, -0.15) is 11.8 Å². The highest BCUT2D eigenvalue weighted by atomic mass is 32.2. The Morgan fingerprint density at radius 3 is 3.24 bits per heavy atom. The van der Waals surface area contributed by atoms with Gasteiger partial charge in [0.25, 0.3) is 0 Å². The van der Waals surface area contributed by atoms with E-state index in [-0.39, 0.29) is 5.84 Å². The van der Waals surface area contributed by atoms with Crippen molar-refractivity contribution in [2.45, 2.75) is 24.7 Å². The van der Waals surface area contributed by atoms with Crippen LogP contribution in [0.15, 0.2) is 18.3 Å². The molecule has 1 unspecified atom stereocenters. The van der Waals surface area contributed by atoms with Crippen molar-refractivity contribution in [1.82, 2.24) is 4.98 Å². The summed E-state index contributed by atoms with van der Waals surface area (Å²) in [5.74, 6) is 1.98. The first-order valence-corrected chi connectivity index (χ1v) is 6.90. The van der Waals surface area contributed by atoms with E-state index >= 15 is 0 Å². The topological polar surface area (TPSA) is 72.0 Å². The summed E-state index contributed by atoms with van der Waals surface area (Å²) in [7, 11) is 0. The molecule has 5 heteroatoms. The minimum atomic E-state index is 0.0241. The van der Waals surface area contributed by atoms with Gasteiger partial charge in [0.05, 0.1) is 6.10 Å². The number of nitrogens with one attached hydrogen (secondary N) is 1. The van der Waals surface area contributed by atoms with Gasteiger partial charge in [-0.25, -0.2) is 0 Å². The van der Waals surface area contributed by atoms with Gasteiger partial charge in [0, 0.05) is 24.3 Å². The molecule has 2 rings (SSSR count). The Morgan fingerprint density at radius 1 is 1.65 bits per heavy atom. The Balaban J connectivity index is 1.81. The molecule has 4 nitrogen and oxygen atoms in total. The number of rotatable bonds is 5. The summed E-state index contributed by atoms with van der Waals surface area (Å²) in [6.45, 7) is 0.912. The van der Waals surface area contributed by atoms with Gasteiger partial charge < -0.3 is 10.5 Å². The van der Waals surface area contributed by atoms with E-state index in [0.717, 1.165) is 23.7 Å². The Labute approximate surface area is 105 Å². The molecular formula is C12H17N3OS. The number of nitrogens with zero attached hydrogens (tertiary/aromatic N) is 1. The normalized spacial score (nSPS) is 19.4. The molecule has 1 atom stereocenters. The zero-order valence-electron chi connectivity index (χ0n) is 9.69. The van der Waals surface area contributed by atoms with Crippen LogP contribution < -0.4 is 5.73 Å². The molecular weight excluding hydrogens is 234 g/mol. The van der Waals surface area contributed by atoms with Crippen LogP contribution in [0, 0.1) is 5.41 Å². The fourth-order valence-electron chi connectivity index (χ4n) is 1.80. The minimum Gasteiger partial charge on any atom is -0.382 e. The van der Waals surface area contributed by atoms with Crippen molar-refractivity contribution < 1.29 is 4.74 Å². The fraction of sp³-hybridized carbons (Fsp3) is 0.500. The van der Waals surface area contributed by atoms with Crippen LogP contribution in [0.4, 0.5) is 0 Å². The van der Waals surface area contributed by atoms with E-state index in [9.17, 15) is 0 Å². The van der Waals surface area contributed by atoms with Crippen LogP contribution in [0.5, 0.6) is 0 Å². The molecule has 2 heterocycles. The molecule has 3 N–H and O–H groups in total. The van der Waals surface area contributed by atoms with Crippen molar-refractivity contribution in [2.75, 3.05) is 12.4 Å². The molecule has 1 saturated heterocycles. The summed E-state index contributed by atoms with van der Waals surface area (Å²) in [6.07, 6.45) is 4.50. The second-order valence-corrected chi connectivity index (χ2v) is 5.14. The molecule has 1 aliphatic rings. The van der Waals surface area contributed by atoms with Gasteiger partial charge in [0.1, 0.15) is 11.5 Å². The number of aromatic nitrogens is 1. The van der Waals surface area contributed by atoms with E-state index in [1.54, 1.807) is 6.20 Å². The van der Waals surface area contributed by atoms with Crippen molar-refractivity contribution in [3.63, 3.8) is 0 Å². The lowest BCUT2D eigenvalue weighted by atomic mass is 10.2. The van der Waals surface area contributed by atoms with Gasteiger partial charge in [-0.05, 0) is 30.5 Å². The number of thioether (sulfide) groups is 1. The van der Waals surface area contributed by atoms with Gasteiger partial charge in [-0.15, -0.1) is 0 Å². The van der Waals surface area contributed by atoms with Crippen molar-refractivity contribution in [1.29, 1.82) is 5.41 Å². The average molecular weight is 251 g/mol.